The second kappa shape index (κ2) is 5.90. The molecule has 110 valence electrons. The summed E-state index contributed by atoms with van der Waals surface area (Å²) < 4.78 is 27.9. The Kier molecular flexibility index (Phi) is 4.37. The standard InChI is InChI=1S/C13H11IN2O4S/c14-8-2-1-3-10(6-8)16-21(19,20)12-7-9(15)4-5-11(12)13(17)18/h1-7,16H,15H2,(H,17,18). The van der Waals surface area contributed by atoms with Gasteiger partial charge >= 0.3 is 5.97 Å². The quantitative estimate of drug-likeness (QED) is 0.522. The zero-order chi connectivity index (χ0) is 15.6. The van der Waals surface area contributed by atoms with E-state index in [0.717, 1.165) is 9.64 Å². The SMILES string of the molecule is Nc1ccc(C(=O)O)c(S(=O)(=O)Nc2cccc(I)c2)c1. The number of hydrogen-bond acceptors (Lipinski definition) is 4. The summed E-state index contributed by atoms with van der Waals surface area (Å²) in [6.07, 6.45) is 0. The Morgan fingerprint density at radius 3 is 2.52 bits per heavy atom. The molecule has 0 fully saturated rings. The van der Waals surface area contributed by atoms with Gasteiger partial charge in [-0.15, -0.1) is 0 Å². The summed E-state index contributed by atoms with van der Waals surface area (Å²) >= 11 is 2.05. The highest BCUT2D eigenvalue weighted by Gasteiger charge is 2.22. The molecule has 0 unspecified atom stereocenters. The van der Waals surface area contributed by atoms with E-state index in [0.29, 0.717) is 5.69 Å². The second-order valence-electron chi connectivity index (χ2n) is 4.18. The Labute approximate surface area is 135 Å². The van der Waals surface area contributed by atoms with E-state index in [1.807, 2.05) is 28.7 Å². The lowest BCUT2D eigenvalue weighted by molar-refractivity contribution is 0.0692. The molecular formula is C13H11IN2O4S. The number of nitrogen functional groups attached to an aromatic ring is 1. The van der Waals surface area contributed by atoms with Gasteiger partial charge in [0, 0.05) is 14.9 Å². The van der Waals surface area contributed by atoms with Crippen LogP contribution in [-0.4, -0.2) is 19.5 Å². The van der Waals surface area contributed by atoms with Gasteiger partial charge in [0.15, 0.2) is 0 Å². The van der Waals surface area contributed by atoms with Crippen molar-refractivity contribution in [2.24, 2.45) is 0 Å². The lowest BCUT2D eigenvalue weighted by Crippen LogP contribution is -2.17. The van der Waals surface area contributed by atoms with Crippen molar-refractivity contribution in [2.45, 2.75) is 4.90 Å². The number of aromatic carboxylic acids is 1. The Morgan fingerprint density at radius 1 is 1.19 bits per heavy atom. The number of sulfonamides is 1. The molecule has 0 bridgehead atoms. The molecule has 0 aliphatic heterocycles. The van der Waals surface area contributed by atoms with Crippen LogP contribution >= 0.6 is 22.6 Å². The van der Waals surface area contributed by atoms with Gasteiger partial charge in [-0.25, -0.2) is 13.2 Å². The molecule has 6 nitrogen and oxygen atoms in total. The van der Waals surface area contributed by atoms with Crippen LogP contribution < -0.4 is 10.5 Å². The summed E-state index contributed by atoms with van der Waals surface area (Å²) in [5, 5.41) is 9.10. The van der Waals surface area contributed by atoms with Gasteiger partial charge in [-0.1, -0.05) is 6.07 Å². The number of carboxylic acids is 1. The number of nitrogens with two attached hydrogens (primary N) is 1. The first-order valence-corrected chi connectivity index (χ1v) is 8.27. The number of hydrogen-bond donors (Lipinski definition) is 3. The third-order valence-electron chi connectivity index (χ3n) is 2.60. The Balaban J connectivity index is 2.49. The van der Waals surface area contributed by atoms with E-state index in [9.17, 15) is 13.2 Å². The molecule has 2 aromatic carbocycles. The highest BCUT2D eigenvalue weighted by molar-refractivity contribution is 14.1. The fourth-order valence-corrected chi connectivity index (χ4v) is 3.53. The predicted molar refractivity (Wildman–Crippen MR) is 87.8 cm³/mol. The van der Waals surface area contributed by atoms with E-state index in [2.05, 4.69) is 4.72 Å². The molecular weight excluding hydrogens is 407 g/mol. The average molecular weight is 418 g/mol. The zero-order valence-electron chi connectivity index (χ0n) is 10.6. The van der Waals surface area contributed by atoms with Crippen LogP contribution in [0.1, 0.15) is 10.4 Å². The number of nitrogens with one attached hydrogen (secondary N) is 1. The molecule has 0 spiro atoms. The molecule has 0 saturated heterocycles. The van der Waals surface area contributed by atoms with Gasteiger partial charge in [0.1, 0.15) is 4.90 Å². The first-order valence-electron chi connectivity index (χ1n) is 5.71. The van der Waals surface area contributed by atoms with Gasteiger partial charge in [-0.3, -0.25) is 4.72 Å². The van der Waals surface area contributed by atoms with Crippen LogP contribution in [0.4, 0.5) is 11.4 Å². The molecule has 0 radical (unpaired) electrons. The number of anilines is 2. The van der Waals surface area contributed by atoms with Crippen LogP contribution in [0.5, 0.6) is 0 Å². The minimum Gasteiger partial charge on any atom is -0.478 e. The highest BCUT2D eigenvalue weighted by atomic mass is 127. The lowest BCUT2D eigenvalue weighted by Gasteiger charge is -2.11. The van der Waals surface area contributed by atoms with Crippen molar-refractivity contribution in [3.05, 3.63) is 51.6 Å². The molecule has 2 aromatic rings. The Morgan fingerprint density at radius 2 is 1.90 bits per heavy atom. The number of rotatable bonds is 4. The van der Waals surface area contributed by atoms with Crippen molar-refractivity contribution in [2.75, 3.05) is 10.5 Å². The van der Waals surface area contributed by atoms with Gasteiger partial charge in [0.2, 0.25) is 0 Å². The highest BCUT2D eigenvalue weighted by Crippen LogP contribution is 2.23. The second-order valence-corrected chi connectivity index (χ2v) is 7.07. The fourth-order valence-electron chi connectivity index (χ4n) is 1.70. The van der Waals surface area contributed by atoms with Crippen molar-refractivity contribution >= 4 is 50.0 Å². The summed E-state index contributed by atoms with van der Waals surface area (Å²) in [6, 6.07) is 10.3. The molecule has 8 heteroatoms. The van der Waals surface area contributed by atoms with Gasteiger partial charge in [-0.05, 0) is 59.0 Å². The molecule has 4 N–H and O–H groups in total. The Hall–Kier alpha value is -1.81. The summed E-state index contributed by atoms with van der Waals surface area (Å²) in [5.74, 6) is -1.34. The Bertz CT molecular complexity index is 806. The first-order chi connectivity index (χ1) is 9.79. The molecule has 0 aliphatic carbocycles. The predicted octanol–water partition coefficient (Wildman–Crippen LogP) is 2.37. The third kappa shape index (κ3) is 3.64. The van der Waals surface area contributed by atoms with Crippen LogP contribution in [0, 0.1) is 3.57 Å². The van der Waals surface area contributed by atoms with Crippen LogP contribution in [-0.2, 0) is 10.0 Å². The van der Waals surface area contributed by atoms with E-state index >= 15 is 0 Å². The minimum atomic E-state index is -4.04. The maximum absolute atomic E-state index is 12.4. The molecule has 0 saturated carbocycles. The van der Waals surface area contributed by atoms with Gasteiger partial charge in [0.25, 0.3) is 10.0 Å². The van der Waals surface area contributed by atoms with Crippen LogP contribution in [0.3, 0.4) is 0 Å². The minimum absolute atomic E-state index is 0.169. The van der Waals surface area contributed by atoms with E-state index in [1.165, 1.54) is 12.1 Å². The van der Waals surface area contributed by atoms with E-state index in [-0.39, 0.29) is 16.1 Å². The summed E-state index contributed by atoms with van der Waals surface area (Å²) in [4.78, 5) is 10.8. The normalized spacial score (nSPS) is 11.1. The van der Waals surface area contributed by atoms with Crippen molar-refractivity contribution in [3.63, 3.8) is 0 Å². The van der Waals surface area contributed by atoms with Gasteiger partial charge < -0.3 is 10.8 Å². The molecule has 0 atom stereocenters. The maximum atomic E-state index is 12.4. The summed E-state index contributed by atoms with van der Waals surface area (Å²) in [7, 11) is -4.04. The summed E-state index contributed by atoms with van der Waals surface area (Å²) in [5.41, 5.74) is 5.74. The van der Waals surface area contributed by atoms with E-state index in [4.69, 9.17) is 10.8 Å². The van der Waals surface area contributed by atoms with Crippen molar-refractivity contribution in [3.8, 4) is 0 Å². The molecule has 0 aromatic heterocycles. The average Bonchev–Trinajstić information content (AvgIpc) is 2.37. The van der Waals surface area contributed by atoms with Gasteiger partial charge in [-0.2, -0.15) is 0 Å². The van der Waals surface area contributed by atoms with Crippen molar-refractivity contribution in [1.82, 2.24) is 0 Å². The van der Waals surface area contributed by atoms with Gasteiger partial charge in [0.05, 0.1) is 5.56 Å². The van der Waals surface area contributed by atoms with E-state index < -0.39 is 16.0 Å². The number of carboxylic acid groups (broad SMARTS) is 1. The van der Waals surface area contributed by atoms with Crippen molar-refractivity contribution in [1.29, 1.82) is 0 Å². The molecule has 2 rings (SSSR count). The van der Waals surface area contributed by atoms with Crippen molar-refractivity contribution < 1.29 is 18.3 Å². The molecule has 0 aliphatic rings. The number of halogens is 1. The van der Waals surface area contributed by atoms with E-state index in [1.54, 1.807) is 18.2 Å². The maximum Gasteiger partial charge on any atom is 0.337 e. The number of carbonyl (C=O) groups is 1. The monoisotopic (exact) mass is 418 g/mol. The van der Waals surface area contributed by atoms with Crippen LogP contribution in [0.15, 0.2) is 47.4 Å². The van der Waals surface area contributed by atoms with Crippen LogP contribution in [0.25, 0.3) is 0 Å². The van der Waals surface area contributed by atoms with Crippen LogP contribution in [0.2, 0.25) is 0 Å². The fraction of sp³-hybridized carbons (Fsp3) is 0. The molecule has 0 heterocycles. The molecule has 21 heavy (non-hydrogen) atoms. The first kappa shape index (κ1) is 15.6. The zero-order valence-corrected chi connectivity index (χ0v) is 13.6. The lowest BCUT2D eigenvalue weighted by atomic mass is 10.2. The largest absolute Gasteiger partial charge is 0.478 e. The number of benzene rings is 2. The smallest absolute Gasteiger partial charge is 0.337 e. The third-order valence-corrected chi connectivity index (χ3v) is 4.69. The topological polar surface area (TPSA) is 109 Å². The summed E-state index contributed by atoms with van der Waals surface area (Å²) in [6.45, 7) is 0. The molecule has 0 amide bonds.